The van der Waals surface area contributed by atoms with Crippen LogP contribution < -0.4 is 15.1 Å². The number of hydrogen-bond donors (Lipinski definition) is 1. The summed E-state index contributed by atoms with van der Waals surface area (Å²) in [7, 11) is 0. The van der Waals surface area contributed by atoms with Gasteiger partial charge in [-0.3, -0.25) is 0 Å². The number of benzene rings is 2. The van der Waals surface area contributed by atoms with E-state index in [-0.39, 0.29) is 10.6 Å². The van der Waals surface area contributed by atoms with Crippen molar-refractivity contribution in [2.24, 2.45) is 0 Å². The largest absolute Gasteiger partial charge is 0.378 e. The molecule has 3 aromatic rings. The summed E-state index contributed by atoms with van der Waals surface area (Å²) in [5, 5.41) is 3.04. The molecule has 1 aromatic heterocycles. The average molecular weight is 472 g/mol. The molecule has 6 nitrogen and oxygen atoms in total. The van der Waals surface area contributed by atoms with E-state index in [1.165, 1.54) is 0 Å². The number of morpholine rings is 1. The van der Waals surface area contributed by atoms with E-state index < -0.39 is 17.7 Å². The topological polar surface area (TPSA) is 53.5 Å². The highest BCUT2D eigenvalue weighted by molar-refractivity contribution is 6.31. The summed E-state index contributed by atoms with van der Waals surface area (Å²) in [6.45, 7) is 6.05. The summed E-state index contributed by atoms with van der Waals surface area (Å²) >= 11 is 6.15. The van der Waals surface area contributed by atoms with Gasteiger partial charge in [0.1, 0.15) is 11.6 Å². The Morgan fingerprint density at radius 1 is 1.09 bits per heavy atom. The number of nitrogens with one attached hydrogen (secondary N) is 1. The lowest BCUT2D eigenvalue weighted by atomic mass is 10.0. The fraction of sp³-hybridized carbons (Fsp3) is 0.333. The van der Waals surface area contributed by atoms with Gasteiger partial charge in [-0.2, -0.15) is 0 Å². The lowest BCUT2D eigenvalue weighted by Gasteiger charge is -2.35. The summed E-state index contributed by atoms with van der Waals surface area (Å²) in [5.41, 5.74) is 2.86. The standard InChI is InChI=1S/C24H24ClF2N5O/c1-15(21-18(26)5-6-19(27)22(21)25)32-8-7-28-23-24(32)30-20(14-29-23)16-3-2-4-17(13-16)31-9-11-33-12-10-31/h2-6,13-15H,7-12H2,1H3,(H,28,29). The van der Waals surface area contributed by atoms with Crippen molar-refractivity contribution in [2.75, 3.05) is 54.5 Å². The zero-order valence-corrected chi connectivity index (χ0v) is 18.9. The second-order valence-corrected chi connectivity index (χ2v) is 8.51. The van der Waals surface area contributed by atoms with Gasteiger partial charge in [0.05, 0.1) is 36.2 Å². The minimum Gasteiger partial charge on any atom is -0.378 e. The van der Waals surface area contributed by atoms with Gasteiger partial charge >= 0.3 is 0 Å². The number of hydrogen-bond acceptors (Lipinski definition) is 6. The Kier molecular flexibility index (Phi) is 6.03. The fourth-order valence-electron chi connectivity index (χ4n) is 4.39. The molecule has 3 heterocycles. The molecule has 0 spiro atoms. The van der Waals surface area contributed by atoms with Crippen LogP contribution in [0.2, 0.25) is 5.02 Å². The summed E-state index contributed by atoms with van der Waals surface area (Å²) in [4.78, 5) is 13.7. The van der Waals surface area contributed by atoms with Crippen LogP contribution in [0.3, 0.4) is 0 Å². The minimum atomic E-state index is -0.643. The molecule has 1 atom stereocenters. The lowest BCUT2D eigenvalue weighted by Crippen LogP contribution is -2.37. The molecule has 172 valence electrons. The summed E-state index contributed by atoms with van der Waals surface area (Å²) in [5.74, 6) is 0.00298. The van der Waals surface area contributed by atoms with Crippen molar-refractivity contribution in [3.05, 3.63) is 64.8 Å². The maximum atomic E-state index is 14.6. The van der Waals surface area contributed by atoms with Gasteiger partial charge in [-0.05, 0) is 31.2 Å². The van der Waals surface area contributed by atoms with Crippen LogP contribution in [-0.2, 0) is 4.74 Å². The lowest BCUT2D eigenvalue weighted by molar-refractivity contribution is 0.122. The molecule has 1 saturated heterocycles. The first-order valence-corrected chi connectivity index (χ1v) is 11.3. The van der Waals surface area contributed by atoms with Crippen molar-refractivity contribution in [2.45, 2.75) is 13.0 Å². The molecule has 9 heteroatoms. The van der Waals surface area contributed by atoms with Gasteiger partial charge in [0.2, 0.25) is 0 Å². The predicted molar refractivity (Wildman–Crippen MR) is 126 cm³/mol. The maximum absolute atomic E-state index is 14.6. The van der Waals surface area contributed by atoms with Gasteiger partial charge in [0.25, 0.3) is 0 Å². The van der Waals surface area contributed by atoms with Crippen LogP contribution in [0.25, 0.3) is 11.3 Å². The molecule has 2 aromatic carbocycles. The van der Waals surface area contributed by atoms with Gasteiger partial charge < -0.3 is 19.9 Å². The van der Waals surface area contributed by atoms with Crippen LogP contribution in [0.5, 0.6) is 0 Å². The fourth-order valence-corrected chi connectivity index (χ4v) is 4.70. The van der Waals surface area contributed by atoms with Gasteiger partial charge in [-0.25, -0.2) is 18.7 Å². The van der Waals surface area contributed by atoms with E-state index in [2.05, 4.69) is 27.3 Å². The molecule has 0 amide bonds. The zero-order valence-electron chi connectivity index (χ0n) is 18.2. The third-order valence-corrected chi connectivity index (χ3v) is 6.54. The molecule has 2 aliphatic rings. The van der Waals surface area contributed by atoms with Gasteiger partial charge in [0.15, 0.2) is 11.6 Å². The third kappa shape index (κ3) is 4.20. The minimum absolute atomic E-state index is 0.117. The van der Waals surface area contributed by atoms with E-state index in [4.69, 9.17) is 21.3 Å². The van der Waals surface area contributed by atoms with Crippen molar-refractivity contribution >= 4 is 28.9 Å². The Hall–Kier alpha value is -2.97. The van der Waals surface area contributed by atoms with Crippen LogP contribution in [0.4, 0.5) is 26.1 Å². The van der Waals surface area contributed by atoms with Gasteiger partial charge in [-0.15, -0.1) is 0 Å². The van der Waals surface area contributed by atoms with Gasteiger partial charge in [0, 0.05) is 43.0 Å². The van der Waals surface area contributed by atoms with E-state index in [0.717, 1.165) is 36.5 Å². The first kappa shape index (κ1) is 21.9. The van der Waals surface area contributed by atoms with Crippen molar-refractivity contribution in [3.63, 3.8) is 0 Å². The van der Waals surface area contributed by atoms with E-state index in [1.807, 2.05) is 17.0 Å². The van der Waals surface area contributed by atoms with E-state index in [1.54, 1.807) is 13.1 Å². The molecular weight excluding hydrogens is 448 g/mol. The first-order valence-electron chi connectivity index (χ1n) is 11.0. The Labute approximate surface area is 196 Å². The van der Waals surface area contributed by atoms with Crippen LogP contribution in [0.15, 0.2) is 42.6 Å². The first-order chi connectivity index (χ1) is 16.0. The number of nitrogens with zero attached hydrogens (tertiary/aromatic N) is 4. The number of fused-ring (bicyclic) bond motifs is 1. The van der Waals surface area contributed by atoms with E-state index in [9.17, 15) is 8.78 Å². The zero-order chi connectivity index (χ0) is 22.9. The average Bonchev–Trinajstić information content (AvgIpc) is 2.86. The molecule has 0 saturated carbocycles. The number of rotatable bonds is 4. The van der Waals surface area contributed by atoms with E-state index >= 15 is 0 Å². The monoisotopic (exact) mass is 471 g/mol. The second kappa shape index (κ2) is 9.11. The highest BCUT2D eigenvalue weighted by Crippen LogP contribution is 2.38. The van der Waals surface area contributed by atoms with Crippen molar-refractivity contribution in [3.8, 4) is 11.3 Å². The third-order valence-electron chi connectivity index (χ3n) is 6.15. The van der Waals surface area contributed by atoms with E-state index in [0.29, 0.717) is 43.6 Å². The quantitative estimate of drug-likeness (QED) is 0.546. The predicted octanol–water partition coefficient (Wildman–Crippen LogP) is 4.90. The number of halogens is 3. The molecule has 5 rings (SSSR count). The molecule has 1 fully saturated rings. The normalized spacial score (nSPS) is 16.8. The summed E-state index contributed by atoms with van der Waals surface area (Å²) in [6, 6.07) is 9.78. The molecule has 33 heavy (non-hydrogen) atoms. The summed E-state index contributed by atoms with van der Waals surface area (Å²) < 4.78 is 34.2. The molecule has 1 N–H and O–H groups in total. The van der Waals surface area contributed by atoms with Crippen molar-refractivity contribution < 1.29 is 13.5 Å². The molecule has 1 unspecified atom stereocenters. The molecule has 0 radical (unpaired) electrons. The highest BCUT2D eigenvalue weighted by Gasteiger charge is 2.29. The molecule has 0 bridgehead atoms. The number of anilines is 3. The summed E-state index contributed by atoms with van der Waals surface area (Å²) in [6.07, 6.45) is 1.73. The molecular formula is C24H24ClF2N5O. The Bertz CT molecular complexity index is 1170. The highest BCUT2D eigenvalue weighted by atomic mass is 35.5. The second-order valence-electron chi connectivity index (χ2n) is 8.13. The molecule has 0 aliphatic carbocycles. The Morgan fingerprint density at radius 2 is 1.88 bits per heavy atom. The molecule has 2 aliphatic heterocycles. The smallest absolute Gasteiger partial charge is 0.172 e. The van der Waals surface area contributed by atoms with Crippen LogP contribution in [0.1, 0.15) is 18.5 Å². The Morgan fingerprint density at radius 3 is 2.70 bits per heavy atom. The maximum Gasteiger partial charge on any atom is 0.172 e. The number of aromatic nitrogens is 2. The SMILES string of the molecule is CC(c1c(F)ccc(F)c1Cl)N1CCNc2ncc(-c3cccc(N4CCOCC4)c3)nc21. The van der Waals surface area contributed by atoms with Crippen molar-refractivity contribution in [1.82, 2.24) is 9.97 Å². The number of ether oxygens (including phenoxy) is 1. The van der Waals surface area contributed by atoms with Crippen LogP contribution in [-0.4, -0.2) is 49.4 Å². The van der Waals surface area contributed by atoms with Crippen LogP contribution >= 0.6 is 11.6 Å². The van der Waals surface area contributed by atoms with Gasteiger partial charge in [-0.1, -0.05) is 23.7 Å². The van der Waals surface area contributed by atoms with Crippen LogP contribution in [0, 0.1) is 11.6 Å². The van der Waals surface area contributed by atoms with Crippen molar-refractivity contribution in [1.29, 1.82) is 0 Å². The Balaban J connectivity index is 1.50.